The van der Waals surface area contributed by atoms with Crippen molar-refractivity contribution in [2.24, 2.45) is 17.1 Å². The first-order chi connectivity index (χ1) is 7.42. The third-order valence-electron chi connectivity index (χ3n) is 3.80. The molecule has 1 amide bonds. The highest BCUT2D eigenvalue weighted by Gasteiger charge is 2.52. The van der Waals surface area contributed by atoms with E-state index >= 15 is 0 Å². The topological polar surface area (TPSA) is 55.6 Å². The Morgan fingerprint density at radius 2 is 2.19 bits per heavy atom. The van der Waals surface area contributed by atoms with E-state index in [1.807, 2.05) is 11.8 Å². The van der Waals surface area contributed by atoms with Crippen molar-refractivity contribution in [2.45, 2.75) is 39.3 Å². The van der Waals surface area contributed by atoms with Gasteiger partial charge in [0.25, 0.3) is 0 Å². The maximum absolute atomic E-state index is 12.2. The van der Waals surface area contributed by atoms with Crippen LogP contribution in [0.4, 0.5) is 0 Å². The van der Waals surface area contributed by atoms with E-state index in [9.17, 15) is 4.79 Å². The second kappa shape index (κ2) is 4.00. The number of ether oxygens (including phenoxy) is 1. The van der Waals surface area contributed by atoms with Crippen molar-refractivity contribution in [1.82, 2.24) is 4.90 Å². The van der Waals surface area contributed by atoms with Gasteiger partial charge in [-0.15, -0.1) is 0 Å². The third-order valence-corrected chi connectivity index (χ3v) is 3.80. The zero-order valence-electron chi connectivity index (χ0n) is 10.4. The van der Waals surface area contributed by atoms with E-state index in [1.54, 1.807) is 0 Å². The molecule has 0 bridgehead atoms. The molecule has 92 valence electrons. The van der Waals surface area contributed by atoms with Crippen molar-refractivity contribution in [3.05, 3.63) is 0 Å². The Labute approximate surface area is 97.1 Å². The minimum atomic E-state index is -0.0113. The number of rotatable bonds is 2. The molecule has 0 radical (unpaired) electrons. The van der Waals surface area contributed by atoms with Crippen molar-refractivity contribution in [2.75, 3.05) is 19.7 Å². The first kappa shape index (κ1) is 11.9. The van der Waals surface area contributed by atoms with Gasteiger partial charge < -0.3 is 15.4 Å². The third kappa shape index (κ3) is 2.23. The van der Waals surface area contributed by atoms with Crippen molar-refractivity contribution in [3.8, 4) is 0 Å². The van der Waals surface area contributed by atoms with Crippen LogP contribution in [0, 0.1) is 11.3 Å². The first-order valence-corrected chi connectivity index (χ1v) is 6.08. The lowest BCUT2D eigenvalue weighted by Gasteiger charge is -2.35. The van der Waals surface area contributed by atoms with E-state index in [-0.39, 0.29) is 23.5 Å². The summed E-state index contributed by atoms with van der Waals surface area (Å²) < 4.78 is 5.55. The Hall–Kier alpha value is -0.610. The van der Waals surface area contributed by atoms with E-state index < -0.39 is 0 Å². The number of nitrogens with zero attached hydrogens (tertiary/aromatic N) is 1. The Bertz CT molecular complexity index is 289. The van der Waals surface area contributed by atoms with Gasteiger partial charge in [-0.05, 0) is 18.8 Å². The van der Waals surface area contributed by atoms with Crippen LogP contribution in [0.2, 0.25) is 0 Å². The summed E-state index contributed by atoms with van der Waals surface area (Å²) in [6, 6.07) is -0.0113. The Kier molecular flexibility index (Phi) is 2.97. The van der Waals surface area contributed by atoms with Crippen LogP contribution in [0.5, 0.6) is 0 Å². The van der Waals surface area contributed by atoms with Gasteiger partial charge in [-0.2, -0.15) is 0 Å². The van der Waals surface area contributed by atoms with E-state index in [2.05, 4.69) is 13.8 Å². The molecule has 2 rings (SSSR count). The van der Waals surface area contributed by atoms with Crippen LogP contribution in [-0.4, -0.2) is 42.6 Å². The maximum Gasteiger partial charge on any atom is 0.226 e. The molecule has 1 saturated carbocycles. The fraction of sp³-hybridized carbons (Fsp3) is 0.917. The fourth-order valence-electron chi connectivity index (χ4n) is 2.30. The largest absolute Gasteiger partial charge is 0.373 e. The second-order valence-electron chi connectivity index (χ2n) is 5.80. The number of carbonyl (C=O) groups excluding carboxylic acids is 1. The highest BCUT2D eigenvalue weighted by Crippen LogP contribution is 2.52. The van der Waals surface area contributed by atoms with Gasteiger partial charge in [0.05, 0.1) is 12.7 Å². The van der Waals surface area contributed by atoms with Crippen molar-refractivity contribution < 1.29 is 9.53 Å². The normalized spacial score (nSPS) is 34.6. The van der Waals surface area contributed by atoms with E-state index in [4.69, 9.17) is 10.5 Å². The average molecular weight is 226 g/mol. The van der Waals surface area contributed by atoms with Gasteiger partial charge in [-0.1, -0.05) is 13.8 Å². The Balaban J connectivity index is 1.92. The zero-order valence-corrected chi connectivity index (χ0v) is 10.4. The molecule has 1 aliphatic heterocycles. The molecule has 0 aromatic heterocycles. The molecular weight excluding hydrogens is 204 g/mol. The number of nitrogens with two attached hydrogens (primary N) is 1. The van der Waals surface area contributed by atoms with Crippen LogP contribution in [0.25, 0.3) is 0 Å². The second-order valence-corrected chi connectivity index (χ2v) is 5.80. The molecule has 2 aliphatic rings. The molecule has 0 aromatic carbocycles. The molecule has 1 heterocycles. The van der Waals surface area contributed by atoms with Gasteiger partial charge in [0, 0.05) is 25.0 Å². The fourth-order valence-corrected chi connectivity index (χ4v) is 2.30. The predicted molar refractivity (Wildman–Crippen MR) is 61.9 cm³/mol. The van der Waals surface area contributed by atoms with Gasteiger partial charge in [-0.3, -0.25) is 4.79 Å². The Morgan fingerprint density at radius 3 is 2.69 bits per heavy atom. The van der Waals surface area contributed by atoms with Gasteiger partial charge in [0.1, 0.15) is 0 Å². The highest BCUT2D eigenvalue weighted by atomic mass is 16.5. The molecule has 0 spiro atoms. The minimum absolute atomic E-state index is 0.000405. The molecule has 2 N–H and O–H groups in total. The maximum atomic E-state index is 12.2. The Morgan fingerprint density at radius 1 is 1.56 bits per heavy atom. The summed E-state index contributed by atoms with van der Waals surface area (Å²) in [5.74, 6) is 0.512. The zero-order chi connectivity index (χ0) is 11.9. The first-order valence-electron chi connectivity index (χ1n) is 6.08. The number of hydrogen-bond donors (Lipinski definition) is 1. The summed E-state index contributed by atoms with van der Waals surface area (Å²) in [6.07, 6.45) is 1.02. The molecule has 0 aromatic rings. The summed E-state index contributed by atoms with van der Waals surface area (Å²) in [5, 5.41) is 0. The van der Waals surface area contributed by atoms with E-state index in [0.29, 0.717) is 25.6 Å². The van der Waals surface area contributed by atoms with Crippen molar-refractivity contribution in [3.63, 3.8) is 0 Å². The summed E-state index contributed by atoms with van der Waals surface area (Å²) in [5.41, 5.74) is 6.02. The summed E-state index contributed by atoms with van der Waals surface area (Å²) in [6.45, 7) is 8.22. The van der Waals surface area contributed by atoms with Gasteiger partial charge in [-0.25, -0.2) is 0 Å². The van der Waals surface area contributed by atoms with Crippen LogP contribution in [0.1, 0.15) is 27.2 Å². The van der Waals surface area contributed by atoms with Crippen LogP contribution >= 0.6 is 0 Å². The molecule has 1 aliphatic carbocycles. The van der Waals surface area contributed by atoms with Crippen LogP contribution in [0.3, 0.4) is 0 Å². The molecule has 3 unspecified atom stereocenters. The van der Waals surface area contributed by atoms with Crippen molar-refractivity contribution >= 4 is 5.91 Å². The van der Waals surface area contributed by atoms with E-state index in [1.165, 1.54) is 0 Å². The lowest BCUT2D eigenvalue weighted by Crippen LogP contribution is -2.52. The number of morpholine rings is 1. The van der Waals surface area contributed by atoms with Gasteiger partial charge in [0.15, 0.2) is 0 Å². The van der Waals surface area contributed by atoms with E-state index in [0.717, 1.165) is 6.42 Å². The lowest BCUT2D eigenvalue weighted by atomic mass is 10.1. The smallest absolute Gasteiger partial charge is 0.226 e. The molecule has 3 atom stereocenters. The monoisotopic (exact) mass is 226 g/mol. The SMILES string of the molecule is CC(N)C1CN(C(=O)C2CC2(C)C)CCO1. The number of carbonyl (C=O) groups is 1. The number of hydrogen-bond acceptors (Lipinski definition) is 3. The summed E-state index contributed by atoms with van der Waals surface area (Å²) >= 11 is 0. The molecular formula is C12H22N2O2. The van der Waals surface area contributed by atoms with Crippen LogP contribution < -0.4 is 5.73 Å². The predicted octanol–water partition coefficient (Wildman–Crippen LogP) is 0.607. The molecule has 16 heavy (non-hydrogen) atoms. The van der Waals surface area contributed by atoms with Crippen molar-refractivity contribution in [1.29, 1.82) is 0 Å². The molecule has 4 nitrogen and oxygen atoms in total. The highest BCUT2D eigenvalue weighted by molar-refractivity contribution is 5.82. The summed E-state index contributed by atoms with van der Waals surface area (Å²) in [4.78, 5) is 14.1. The molecule has 1 saturated heterocycles. The molecule has 2 fully saturated rings. The van der Waals surface area contributed by atoms with Crippen LogP contribution in [-0.2, 0) is 9.53 Å². The van der Waals surface area contributed by atoms with Gasteiger partial charge >= 0.3 is 0 Å². The minimum Gasteiger partial charge on any atom is -0.373 e. The summed E-state index contributed by atoms with van der Waals surface area (Å²) in [7, 11) is 0. The van der Waals surface area contributed by atoms with Crippen LogP contribution in [0.15, 0.2) is 0 Å². The average Bonchev–Trinajstić information content (AvgIpc) is 2.87. The standard InChI is InChI=1S/C12H22N2O2/c1-8(13)10-7-14(4-5-16-10)11(15)9-6-12(9,2)3/h8-10H,4-7,13H2,1-3H3. The number of amides is 1. The molecule has 4 heteroatoms. The quantitative estimate of drug-likeness (QED) is 0.750. The lowest BCUT2D eigenvalue weighted by molar-refractivity contribution is -0.141. The van der Waals surface area contributed by atoms with Gasteiger partial charge in [0.2, 0.25) is 5.91 Å².